The van der Waals surface area contributed by atoms with Crippen LogP contribution in [0.15, 0.2) is 24.3 Å². The first-order valence-electron chi connectivity index (χ1n) is 6.98. The highest BCUT2D eigenvalue weighted by molar-refractivity contribution is 5.72. The van der Waals surface area contributed by atoms with E-state index in [1.807, 2.05) is 29.2 Å². The van der Waals surface area contributed by atoms with Crippen LogP contribution in [-0.4, -0.2) is 58.2 Å². The lowest BCUT2D eigenvalue weighted by Crippen LogP contribution is -2.51. The summed E-state index contributed by atoms with van der Waals surface area (Å²) >= 11 is 0. The highest BCUT2D eigenvalue weighted by Gasteiger charge is 2.24. The van der Waals surface area contributed by atoms with Gasteiger partial charge < -0.3 is 10.2 Å². The fourth-order valence-corrected chi connectivity index (χ4v) is 2.47. The van der Waals surface area contributed by atoms with E-state index in [9.17, 15) is 4.79 Å². The van der Waals surface area contributed by atoms with Crippen molar-refractivity contribution in [1.82, 2.24) is 9.80 Å². The maximum Gasteiger partial charge on any atom is 0.320 e. The molecule has 110 valence electrons. The molecular weight excluding hydrogens is 256 g/mol. The lowest BCUT2D eigenvalue weighted by Gasteiger charge is -2.36. The molecule has 1 heterocycles. The maximum absolute atomic E-state index is 11.0. The van der Waals surface area contributed by atoms with Gasteiger partial charge in [-0.25, -0.2) is 0 Å². The Labute approximate surface area is 119 Å². The highest BCUT2D eigenvalue weighted by atomic mass is 16.4. The topological polar surface area (TPSA) is 64.0 Å². The van der Waals surface area contributed by atoms with Crippen LogP contribution in [0, 0.1) is 0 Å². The molecule has 2 rings (SSSR count). The van der Waals surface area contributed by atoms with Gasteiger partial charge >= 0.3 is 5.97 Å². The summed E-state index contributed by atoms with van der Waals surface area (Å²) in [4.78, 5) is 15.3. The van der Waals surface area contributed by atoms with Gasteiger partial charge in [0.15, 0.2) is 0 Å². The number of hydrogen-bond acceptors (Lipinski definition) is 4. The van der Waals surface area contributed by atoms with Crippen LogP contribution in [0.2, 0.25) is 0 Å². The van der Waals surface area contributed by atoms with Gasteiger partial charge in [-0.1, -0.05) is 24.3 Å². The molecule has 1 unspecified atom stereocenters. The normalized spacial score (nSPS) is 18.9. The van der Waals surface area contributed by atoms with Gasteiger partial charge in [0, 0.05) is 32.7 Å². The van der Waals surface area contributed by atoms with E-state index in [2.05, 4.69) is 4.90 Å². The maximum atomic E-state index is 11.0. The van der Waals surface area contributed by atoms with E-state index in [1.54, 1.807) is 6.92 Å². The fourth-order valence-electron chi connectivity index (χ4n) is 2.47. The van der Waals surface area contributed by atoms with Crippen molar-refractivity contribution in [2.75, 3.05) is 26.2 Å². The van der Waals surface area contributed by atoms with Crippen molar-refractivity contribution in [2.24, 2.45) is 0 Å². The average Bonchev–Trinajstić information content (AvgIpc) is 2.48. The van der Waals surface area contributed by atoms with Gasteiger partial charge in [-0.2, -0.15) is 0 Å². The monoisotopic (exact) mass is 278 g/mol. The Morgan fingerprint density at radius 1 is 1.15 bits per heavy atom. The van der Waals surface area contributed by atoms with Gasteiger partial charge in [0.25, 0.3) is 0 Å². The Morgan fingerprint density at radius 3 is 2.20 bits per heavy atom. The Morgan fingerprint density at radius 2 is 1.70 bits per heavy atom. The second kappa shape index (κ2) is 6.83. The van der Waals surface area contributed by atoms with Crippen LogP contribution in [0.4, 0.5) is 0 Å². The Balaban J connectivity index is 1.83. The predicted molar refractivity (Wildman–Crippen MR) is 76.3 cm³/mol. The van der Waals surface area contributed by atoms with Crippen LogP contribution in [0.25, 0.3) is 0 Å². The van der Waals surface area contributed by atoms with Crippen LogP contribution in [0.1, 0.15) is 18.1 Å². The number of aliphatic hydroxyl groups excluding tert-OH is 1. The number of nitrogens with zero attached hydrogens (tertiary/aromatic N) is 2. The van der Waals surface area contributed by atoms with Crippen LogP contribution in [0.3, 0.4) is 0 Å². The van der Waals surface area contributed by atoms with E-state index in [1.165, 1.54) is 5.56 Å². The Hall–Kier alpha value is -1.43. The van der Waals surface area contributed by atoms with Crippen molar-refractivity contribution < 1.29 is 15.0 Å². The standard InChI is InChI=1S/C15H22N2O3/c1-12(15(19)20)17-8-6-16(7-9-17)10-13-2-4-14(11-18)5-3-13/h2-5,12,18H,6-11H2,1H3,(H,19,20). The van der Waals surface area contributed by atoms with Gasteiger partial charge in [0.05, 0.1) is 6.61 Å². The molecule has 1 fully saturated rings. The number of carboxylic acids is 1. The second-order valence-corrected chi connectivity index (χ2v) is 5.30. The summed E-state index contributed by atoms with van der Waals surface area (Å²) in [7, 11) is 0. The minimum atomic E-state index is -0.752. The Kier molecular flexibility index (Phi) is 5.11. The molecule has 0 amide bonds. The van der Waals surface area contributed by atoms with E-state index in [-0.39, 0.29) is 6.61 Å². The number of benzene rings is 1. The Bertz CT molecular complexity index is 439. The SMILES string of the molecule is CC(C(=O)O)N1CCN(Cc2ccc(CO)cc2)CC1. The molecule has 20 heavy (non-hydrogen) atoms. The summed E-state index contributed by atoms with van der Waals surface area (Å²) in [6.07, 6.45) is 0. The summed E-state index contributed by atoms with van der Waals surface area (Å²) in [5, 5.41) is 18.0. The van der Waals surface area contributed by atoms with Crippen molar-refractivity contribution in [3.05, 3.63) is 35.4 Å². The van der Waals surface area contributed by atoms with Gasteiger partial charge in [-0.05, 0) is 18.1 Å². The molecule has 0 bridgehead atoms. The lowest BCUT2D eigenvalue weighted by atomic mass is 10.1. The van der Waals surface area contributed by atoms with Crippen molar-refractivity contribution in [3.8, 4) is 0 Å². The third kappa shape index (κ3) is 3.79. The third-order valence-electron chi connectivity index (χ3n) is 3.92. The van der Waals surface area contributed by atoms with E-state index < -0.39 is 12.0 Å². The molecule has 1 aliphatic rings. The molecule has 1 saturated heterocycles. The molecule has 0 aromatic heterocycles. The van der Waals surface area contributed by atoms with Crippen molar-refractivity contribution in [3.63, 3.8) is 0 Å². The average molecular weight is 278 g/mol. The number of aliphatic hydroxyl groups is 1. The number of carbonyl (C=O) groups is 1. The van der Waals surface area contributed by atoms with Crippen molar-refractivity contribution >= 4 is 5.97 Å². The van der Waals surface area contributed by atoms with Gasteiger partial charge in [0.1, 0.15) is 6.04 Å². The first-order valence-corrected chi connectivity index (χ1v) is 6.98. The number of aliphatic carboxylic acids is 1. The van der Waals surface area contributed by atoms with Crippen LogP contribution >= 0.6 is 0 Å². The van der Waals surface area contributed by atoms with E-state index >= 15 is 0 Å². The highest BCUT2D eigenvalue weighted by Crippen LogP contribution is 2.12. The van der Waals surface area contributed by atoms with Gasteiger partial charge in [-0.15, -0.1) is 0 Å². The molecule has 0 aliphatic carbocycles. The minimum absolute atomic E-state index is 0.0754. The van der Waals surface area contributed by atoms with Crippen LogP contribution in [0.5, 0.6) is 0 Å². The van der Waals surface area contributed by atoms with E-state index in [0.29, 0.717) is 0 Å². The molecule has 1 atom stereocenters. The zero-order valence-electron chi connectivity index (χ0n) is 11.8. The predicted octanol–water partition coefficient (Wildman–Crippen LogP) is 0.770. The van der Waals surface area contributed by atoms with Crippen molar-refractivity contribution in [2.45, 2.75) is 26.1 Å². The number of carboxylic acid groups (broad SMARTS) is 1. The zero-order valence-corrected chi connectivity index (χ0v) is 11.8. The zero-order chi connectivity index (χ0) is 14.5. The molecule has 1 aromatic rings. The number of piperazine rings is 1. The number of rotatable bonds is 5. The molecule has 5 nitrogen and oxygen atoms in total. The molecule has 1 aromatic carbocycles. The van der Waals surface area contributed by atoms with E-state index in [4.69, 9.17) is 10.2 Å². The molecular formula is C15H22N2O3. The minimum Gasteiger partial charge on any atom is -0.480 e. The summed E-state index contributed by atoms with van der Waals surface area (Å²) in [5.74, 6) is -0.752. The van der Waals surface area contributed by atoms with Crippen LogP contribution < -0.4 is 0 Å². The summed E-state index contributed by atoms with van der Waals surface area (Å²) in [5.41, 5.74) is 2.15. The first kappa shape index (κ1) is 15.0. The van der Waals surface area contributed by atoms with Gasteiger partial charge in [-0.3, -0.25) is 14.6 Å². The van der Waals surface area contributed by atoms with Gasteiger partial charge in [0.2, 0.25) is 0 Å². The molecule has 1 aliphatic heterocycles. The first-order chi connectivity index (χ1) is 9.60. The molecule has 2 N–H and O–H groups in total. The molecule has 5 heteroatoms. The molecule has 0 saturated carbocycles. The van der Waals surface area contributed by atoms with E-state index in [0.717, 1.165) is 38.3 Å². The fraction of sp³-hybridized carbons (Fsp3) is 0.533. The lowest BCUT2D eigenvalue weighted by molar-refractivity contribution is -0.143. The quantitative estimate of drug-likeness (QED) is 0.833. The smallest absolute Gasteiger partial charge is 0.320 e. The van der Waals surface area contributed by atoms with Crippen LogP contribution in [-0.2, 0) is 17.9 Å². The number of hydrogen-bond donors (Lipinski definition) is 2. The van der Waals surface area contributed by atoms with Crippen molar-refractivity contribution in [1.29, 1.82) is 0 Å². The summed E-state index contributed by atoms with van der Waals surface area (Å²) in [6.45, 7) is 6.06. The molecule has 0 radical (unpaired) electrons. The summed E-state index contributed by atoms with van der Waals surface area (Å²) < 4.78 is 0. The summed E-state index contributed by atoms with van der Waals surface area (Å²) in [6, 6.07) is 7.56. The molecule has 0 spiro atoms. The third-order valence-corrected chi connectivity index (χ3v) is 3.92. The second-order valence-electron chi connectivity index (χ2n) is 5.30. The largest absolute Gasteiger partial charge is 0.480 e.